The van der Waals surface area contributed by atoms with Gasteiger partial charge in [0, 0.05) is 0 Å². The molecule has 138 valence electrons. The monoisotopic (exact) mass is 326 g/mol. The van der Waals surface area contributed by atoms with E-state index < -0.39 is 7.12 Å². The molecule has 0 amide bonds. The summed E-state index contributed by atoms with van der Waals surface area (Å²) in [6.07, 6.45) is 20.4. The van der Waals surface area contributed by atoms with Crippen molar-refractivity contribution in [3.63, 3.8) is 0 Å². The quantitative estimate of drug-likeness (QED) is 0.241. The van der Waals surface area contributed by atoms with Gasteiger partial charge in [-0.15, -0.1) is 0 Å². The van der Waals surface area contributed by atoms with Crippen molar-refractivity contribution < 1.29 is 10.0 Å². The van der Waals surface area contributed by atoms with Crippen LogP contribution in [0.1, 0.15) is 117 Å². The lowest BCUT2D eigenvalue weighted by Crippen LogP contribution is -2.21. The van der Waals surface area contributed by atoms with E-state index >= 15 is 0 Å². The Hall–Kier alpha value is -0.0151. The Balaban J connectivity index is 4.19. The highest BCUT2D eigenvalue weighted by Crippen LogP contribution is 2.41. The molecule has 0 bridgehead atoms. The van der Waals surface area contributed by atoms with Gasteiger partial charge in [-0.2, -0.15) is 0 Å². The van der Waals surface area contributed by atoms with Crippen LogP contribution >= 0.6 is 0 Å². The second kappa shape index (κ2) is 15.5. The van der Waals surface area contributed by atoms with Gasteiger partial charge < -0.3 is 10.0 Å². The Morgan fingerprint density at radius 1 is 0.565 bits per heavy atom. The van der Waals surface area contributed by atoms with Gasteiger partial charge in [-0.3, -0.25) is 0 Å². The summed E-state index contributed by atoms with van der Waals surface area (Å²) in [5.74, 6) is 0. The second-order valence-electron chi connectivity index (χ2n) is 7.60. The van der Waals surface area contributed by atoms with E-state index in [1.807, 2.05) is 0 Å². The Kier molecular flexibility index (Phi) is 15.5. The maximum absolute atomic E-state index is 8.86. The molecule has 0 aromatic carbocycles. The van der Waals surface area contributed by atoms with E-state index in [-0.39, 0.29) is 0 Å². The van der Waals surface area contributed by atoms with Crippen molar-refractivity contribution in [3.05, 3.63) is 0 Å². The highest BCUT2D eigenvalue weighted by Gasteiger charge is 2.27. The first-order valence-electron chi connectivity index (χ1n) is 10.5. The van der Waals surface area contributed by atoms with Crippen LogP contribution in [0, 0.1) is 5.41 Å². The largest absolute Gasteiger partial charge is 0.451 e. The maximum atomic E-state index is 8.86. The van der Waals surface area contributed by atoms with E-state index in [4.69, 9.17) is 10.0 Å². The maximum Gasteiger partial charge on any atom is 0.451 e. The minimum Gasteiger partial charge on any atom is -0.427 e. The molecule has 0 atom stereocenters. The molecule has 0 aliphatic rings. The normalized spacial score (nSPS) is 11.9. The van der Waals surface area contributed by atoms with Gasteiger partial charge in [-0.1, -0.05) is 91.4 Å². The van der Waals surface area contributed by atoms with Gasteiger partial charge in [0.15, 0.2) is 0 Å². The van der Waals surface area contributed by atoms with Crippen molar-refractivity contribution in [2.45, 2.75) is 123 Å². The molecule has 2 N–H and O–H groups in total. The van der Waals surface area contributed by atoms with Gasteiger partial charge in [0.05, 0.1) is 0 Å². The van der Waals surface area contributed by atoms with Crippen LogP contribution in [-0.2, 0) is 0 Å². The summed E-state index contributed by atoms with van der Waals surface area (Å²) in [5.41, 5.74) is 0.614. The van der Waals surface area contributed by atoms with Gasteiger partial charge in [0.25, 0.3) is 0 Å². The summed E-state index contributed by atoms with van der Waals surface area (Å²) in [6.45, 7) is 6.96. The van der Waals surface area contributed by atoms with Crippen LogP contribution < -0.4 is 0 Å². The summed E-state index contributed by atoms with van der Waals surface area (Å²) < 4.78 is 0. The highest BCUT2D eigenvalue weighted by molar-refractivity contribution is 6.40. The minimum atomic E-state index is -1.11. The third kappa shape index (κ3) is 13.0. The molecule has 0 aromatic rings. The summed E-state index contributed by atoms with van der Waals surface area (Å²) in [4.78, 5) is 0. The fourth-order valence-corrected chi connectivity index (χ4v) is 3.76. The SMILES string of the molecule is CCCCC(CCCC)(CCCC)CCCCCCCB(O)O. The smallest absolute Gasteiger partial charge is 0.427 e. The lowest BCUT2D eigenvalue weighted by Gasteiger charge is -2.35. The van der Waals surface area contributed by atoms with Gasteiger partial charge in [0.1, 0.15) is 0 Å². The zero-order valence-corrected chi connectivity index (χ0v) is 16.3. The molecule has 3 heteroatoms. The van der Waals surface area contributed by atoms with Gasteiger partial charge in [0.2, 0.25) is 0 Å². The van der Waals surface area contributed by atoms with Gasteiger partial charge in [-0.05, 0) is 37.4 Å². The van der Waals surface area contributed by atoms with E-state index in [1.165, 1.54) is 83.5 Å². The average Bonchev–Trinajstić information content (AvgIpc) is 2.54. The molecule has 0 unspecified atom stereocenters. The number of hydrogen-bond acceptors (Lipinski definition) is 2. The molecule has 0 saturated carbocycles. The fourth-order valence-electron chi connectivity index (χ4n) is 3.76. The van der Waals surface area contributed by atoms with E-state index in [0.717, 1.165) is 12.8 Å². The number of rotatable bonds is 17. The first-order valence-corrected chi connectivity index (χ1v) is 10.5. The molecule has 0 rings (SSSR count). The van der Waals surface area contributed by atoms with Crippen molar-refractivity contribution in [1.82, 2.24) is 0 Å². The Bertz CT molecular complexity index is 222. The van der Waals surface area contributed by atoms with E-state index in [1.54, 1.807) is 0 Å². The van der Waals surface area contributed by atoms with Crippen LogP contribution in [0.3, 0.4) is 0 Å². The predicted octanol–water partition coefficient (Wildman–Crippen LogP) is 6.36. The van der Waals surface area contributed by atoms with E-state index in [0.29, 0.717) is 11.7 Å². The number of hydrogen-bond donors (Lipinski definition) is 2. The lowest BCUT2D eigenvalue weighted by atomic mass is 9.71. The van der Waals surface area contributed by atoms with Crippen molar-refractivity contribution in [2.75, 3.05) is 0 Å². The molecule has 0 radical (unpaired) electrons. The molecule has 0 spiro atoms. The van der Waals surface area contributed by atoms with Crippen molar-refractivity contribution >= 4 is 7.12 Å². The molecule has 0 aliphatic carbocycles. The highest BCUT2D eigenvalue weighted by atomic mass is 16.4. The molecular weight excluding hydrogens is 283 g/mol. The Labute approximate surface area is 146 Å². The van der Waals surface area contributed by atoms with Gasteiger partial charge in [-0.25, -0.2) is 0 Å². The first kappa shape index (κ1) is 23.0. The van der Waals surface area contributed by atoms with Crippen molar-refractivity contribution in [2.24, 2.45) is 5.41 Å². The predicted molar refractivity (Wildman–Crippen MR) is 104 cm³/mol. The van der Waals surface area contributed by atoms with Crippen LogP contribution in [0.15, 0.2) is 0 Å². The second-order valence-corrected chi connectivity index (χ2v) is 7.60. The molecule has 2 nitrogen and oxygen atoms in total. The first-order chi connectivity index (χ1) is 11.1. The van der Waals surface area contributed by atoms with Crippen LogP contribution in [-0.4, -0.2) is 17.2 Å². The molecule has 0 aromatic heterocycles. The third-order valence-electron chi connectivity index (χ3n) is 5.35. The topological polar surface area (TPSA) is 40.5 Å². The summed E-state index contributed by atoms with van der Waals surface area (Å²) in [5, 5.41) is 17.7. The van der Waals surface area contributed by atoms with Crippen molar-refractivity contribution in [1.29, 1.82) is 0 Å². The molecule has 0 saturated heterocycles. The number of unbranched alkanes of at least 4 members (excludes halogenated alkanes) is 7. The van der Waals surface area contributed by atoms with Crippen molar-refractivity contribution in [3.8, 4) is 0 Å². The van der Waals surface area contributed by atoms with Gasteiger partial charge >= 0.3 is 7.12 Å². The fraction of sp³-hybridized carbons (Fsp3) is 1.00. The molecule has 0 heterocycles. The van der Waals surface area contributed by atoms with Crippen LogP contribution in [0.4, 0.5) is 0 Å². The summed E-state index contributed by atoms with van der Waals surface area (Å²) >= 11 is 0. The Morgan fingerprint density at radius 3 is 1.39 bits per heavy atom. The minimum absolute atomic E-state index is 0.535. The van der Waals surface area contributed by atoms with E-state index in [9.17, 15) is 0 Å². The van der Waals surface area contributed by atoms with Crippen LogP contribution in [0.2, 0.25) is 6.32 Å². The Morgan fingerprint density at radius 2 is 0.957 bits per heavy atom. The zero-order chi connectivity index (χ0) is 17.4. The summed E-state index contributed by atoms with van der Waals surface area (Å²) in [6, 6.07) is 0. The van der Waals surface area contributed by atoms with Crippen LogP contribution in [0.5, 0.6) is 0 Å². The third-order valence-corrected chi connectivity index (χ3v) is 5.35. The molecule has 23 heavy (non-hydrogen) atoms. The molecule has 0 fully saturated rings. The van der Waals surface area contributed by atoms with Crippen LogP contribution in [0.25, 0.3) is 0 Å². The zero-order valence-electron chi connectivity index (χ0n) is 16.3. The van der Waals surface area contributed by atoms with E-state index in [2.05, 4.69) is 20.8 Å². The molecular formula is C20H43BO2. The molecule has 0 aliphatic heterocycles. The average molecular weight is 326 g/mol. The standard InChI is InChI=1S/C20H43BO2/c1-4-7-15-20(16-8-5-2,17-9-6-3)18-13-11-10-12-14-19-21(22)23/h22-23H,4-19H2,1-3H3. The summed E-state index contributed by atoms with van der Waals surface area (Å²) in [7, 11) is -1.11. The lowest BCUT2D eigenvalue weighted by molar-refractivity contribution is 0.176.